The fraction of sp³-hybridized carbons (Fsp3) is 0.150. The van der Waals surface area contributed by atoms with E-state index in [0.29, 0.717) is 28.8 Å². The molecular formula is C20H18ClN3O4. The van der Waals surface area contributed by atoms with E-state index in [-0.39, 0.29) is 17.8 Å². The van der Waals surface area contributed by atoms with Crippen LogP contribution in [0.2, 0.25) is 5.02 Å². The summed E-state index contributed by atoms with van der Waals surface area (Å²) in [6, 6.07) is 16.7. The number of hydrogen-bond donors (Lipinski definition) is 1. The van der Waals surface area contributed by atoms with Gasteiger partial charge in [0, 0.05) is 18.9 Å². The third kappa shape index (κ3) is 4.97. The average molecular weight is 400 g/mol. The maximum absolute atomic E-state index is 12.4. The lowest BCUT2D eigenvalue weighted by Gasteiger charge is -2.09. The number of methoxy groups -OCH3 is 1. The van der Waals surface area contributed by atoms with Crippen molar-refractivity contribution in [1.82, 2.24) is 9.78 Å². The van der Waals surface area contributed by atoms with Crippen LogP contribution >= 0.6 is 11.6 Å². The summed E-state index contributed by atoms with van der Waals surface area (Å²) in [7, 11) is 1.53. The molecular weight excluding hydrogens is 382 g/mol. The minimum Gasteiger partial charge on any atom is -0.456 e. The first-order valence-corrected chi connectivity index (χ1v) is 8.85. The quantitative estimate of drug-likeness (QED) is 0.656. The van der Waals surface area contributed by atoms with Gasteiger partial charge in [-0.25, -0.2) is 4.68 Å². The highest BCUT2D eigenvalue weighted by molar-refractivity contribution is 6.32. The number of rotatable bonds is 7. The van der Waals surface area contributed by atoms with E-state index in [2.05, 4.69) is 10.4 Å². The summed E-state index contributed by atoms with van der Waals surface area (Å²) in [6.07, 6.45) is 0. The van der Waals surface area contributed by atoms with Crippen molar-refractivity contribution in [1.29, 1.82) is 0 Å². The van der Waals surface area contributed by atoms with Gasteiger partial charge in [0.15, 0.2) is 0 Å². The number of amides is 1. The lowest BCUT2D eigenvalue weighted by atomic mass is 10.2. The molecule has 0 fully saturated rings. The molecule has 0 aliphatic heterocycles. The van der Waals surface area contributed by atoms with E-state index in [9.17, 15) is 9.59 Å². The molecule has 7 nitrogen and oxygen atoms in total. The standard InChI is InChI=1S/C20H18ClN3O4/c1-27-13-12-24-19(25)11-10-17(23-24)20(26)22-14-6-8-15(9-7-14)28-18-5-3-2-4-16(18)21/h2-11H,12-13H2,1H3,(H,22,26). The van der Waals surface area contributed by atoms with Gasteiger partial charge in [0.05, 0.1) is 18.2 Å². The van der Waals surface area contributed by atoms with E-state index >= 15 is 0 Å². The van der Waals surface area contributed by atoms with E-state index in [1.165, 1.54) is 23.9 Å². The number of para-hydroxylation sites is 1. The highest BCUT2D eigenvalue weighted by atomic mass is 35.5. The summed E-state index contributed by atoms with van der Waals surface area (Å²) in [6.45, 7) is 0.593. The lowest BCUT2D eigenvalue weighted by Crippen LogP contribution is -2.27. The molecule has 1 amide bonds. The third-order valence-corrected chi connectivity index (χ3v) is 4.10. The molecule has 2 aromatic carbocycles. The Hall–Kier alpha value is -3.16. The van der Waals surface area contributed by atoms with Crippen LogP contribution in [0.5, 0.6) is 11.5 Å². The van der Waals surface area contributed by atoms with E-state index in [1.807, 2.05) is 12.1 Å². The van der Waals surface area contributed by atoms with Gasteiger partial charge in [0.25, 0.3) is 11.5 Å². The third-order valence-electron chi connectivity index (χ3n) is 3.78. The second kappa shape index (κ2) is 9.16. The minimum atomic E-state index is -0.425. The summed E-state index contributed by atoms with van der Waals surface area (Å²) in [5.41, 5.74) is 0.398. The summed E-state index contributed by atoms with van der Waals surface area (Å²) >= 11 is 6.08. The van der Waals surface area contributed by atoms with Crippen LogP contribution in [0.4, 0.5) is 5.69 Å². The first-order valence-electron chi connectivity index (χ1n) is 8.48. The molecule has 0 radical (unpaired) electrons. The number of nitrogens with one attached hydrogen (secondary N) is 1. The maximum atomic E-state index is 12.4. The zero-order chi connectivity index (χ0) is 19.9. The Bertz CT molecular complexity index is 1020. The molecule has 0 saturated heterocycles. The van der Waals surface area contributed by atoms with Crippen molar-refractivity contribution in [2.45, 2.75) is 6.54 Å². The van der Waals surface area contributed by atoms with Gasteiger partial charge in [-0.05, 0) is 42.5 Å². The van der Waals surface area contributed by atoms with E-state index < -0.39 is 5.91 Å². The molecule has 1 heterocycles. The largest absolute Gasteiger partial charge is 0.456 e. The first kappa shape index (κ1) is 19.6. The number of aromatic nitrogens is 2. The minimum absolute atomic E-state index is 0.132. The summed E-state index contributed by atoms with van der Waals surface area (Å²) in [5.74, 6) is 0.701. The fourth-order valence-electron chi connectivity index (χ4n) is 2.36. The van der Waals surface area contributed by atoms with Crippen molar-refractivity contribution in [2.24, 2.45) is 0 Å². The predicted octanol–water partition coefficient (Wildman–Crippen LogP) is 3.59. The average Bonchev–Trinajstić information content (AvgIpc) is 2.70. The maximum Gasteiger partial charge on any atom is 0.276 e. The number of anilines is 1. The molecule has 0 saturated carbocycles. The van der Waals surface area contributed by atoms with Gasteiger partial charge in [0.1, 0.15) is 17.2 Å². The van der Waals surface area contributed by atoms with Crippen LogP contribution in [0.3, 0.4) is 0 Å². The molecule has 0 bridgehead atoms. The van der Waals surface area contributed by atoms with E-state index in [4.69, 9.17) is 21.1 Å². The van der Waals surface area contributed by atoms with Crippen molar-refractivity contribution in [3.8, 4) is 11.5 Å². The molecule has 28 heavy (non-hydrogen) atoms. The molecule has 3 rings (SSSR count). The second-order valence-electron chi connectivity index (χ2n) is 5.78. The Kier molecular flexibility index (Phi) is 6.41. The van der Waals surface area contributed by atoms with Crippen molar-refractivity contribution in [3.63, 3.8) is 0 Å². The SMILES string of the molecule is COCCn1nc(C(=O)Nc2ccc(Oc3ccccc3Cl)cc2)ccc1=O. The Balaban J connectivity index is 1.68. The zero-order valence-electron chi connectivity index (χ0n) is 15.1. The number of nitrogens with zero attached hydrogens (tertiary/aromatic N) is 2. The molecule has 0 unspecified atom stereocenters. The zero-order valence-corrected chi connectivity index (χ0v) is 15.8. The number of ether oxygens (including phenoxy) is 2. The Morgan fingerprint density at radius 3 is 2.57 bits per heavy atom. The van der Waals surface area contributed by atoms with Gasteiger partial charge in [-0.2, -0.15) is 5.10 Å². The topological polar surface area (TPSA) is 82.5 Å². The van der Waals surface area contributed by atoms with Crippen LogP contribution in [0.15, 0.2) is 65.5 Å². The number of halogens is 1. The van der Waals surface area contributed by atoms with Crippen molar-refractivity contribution >= 4 is 23.2 Å². The summed E-state index contributed by atoms with van der Waals surface area (Å²) < 4.78 is 11.8. The number of carbonyl (C=O) groups is 1. The van der Waals surface area contributed by atoms with Gasteiger partial charge in [-0.1, -0.05) is 23.7 Å². The lowest BCUT2D eigenvalue weighted by molar-refractivity contribution is 0.101. The van der Waals surface area contributed by atoms with Gasteiger partial charge in [0.2, 0.25) is 0 Å². The molecule has 1 N–H and O–H groups in total. The predicted molar refractivity (Wildman–Crippen MR) is 106 cm³/mol. The van der Waals surface area contributed by atoms with Crippen LogP contribution < -0.4 is 15.6 Å². The van der Waals surface area contributed by atoms with Gasteiger partial charge in [-0.3, -0.25) is 9.59 Å². The van der Waals surface area contributed by atoms with E-state index in [0.717, 1.165) is 0 Å². The molecule has 144 valence electrons. The molecule has 0 spiro atoms. The van der Waals surface area contributed by atoms with Crippen LogP contribution in [0.1, 0.15) is 10.5 Å². The van der Waals surface area contributed by atoms with Crippen LogP contribution in [0.25, 0.3) is 0 Å². The molecule has 3 aromatic rings. The molecule has 0 aliphatic rings. The summed E-state index contributed by atoms with van der Waals surface area (Å²) in [4.78, 5) is 24.2. The monoisotopic (exact) mass is 399 g/mol. The molecule has 0 aliphatic carbocycles. The fourth-order valence-corrected chi connectivity index (χ4v) is 2.54. The smallest absolute Gasteiger partial charge is 0.276 e. The highest BCUT2D eigenvalue weighted by Gasteiger charge is 2.10. The van der Waals surface area contributed by atoms with Crippen molar-refractivity contribution in [3.05, 3.63) is 81.7 Å². The number of benzene rings is 2. The second-order valence-corrected chi connectivity index (χ2v) is 6.19. The van der Waals surface area contributed by atoms with Gasteiger partial charge >= 0.3 is 0 Å². The summed E-state index contributed by atoms with van der Waals surface area (Å²) in [5, 5.41) is 7.30. The van der Waals surface area contributed by atoms with Crippen LogP contribution in [-0.2, 0) is 11.3 Å². The highest BCUT2D eigenvalue weighted by Crippen LogP contribution is 2.29. The van der Waals surface area contributed by atoms with Crippen molar-refractivity contribution < 1.29 is 14.3 Å². The normalized spacial score (nSPS) is 10.5. The van der Waals surface area contributed by atoms with Gasteiger partial charge in [-0.15, -0.1) is 0 Å². The van der Waals surface area contributed by atoms with Crippen molar-refractivity contribution in [2.75, 3.05) is 19.0 Å². The van der Waals surface area contributed by atoms with E-state index in [1.54, 1.807) is 36.4 Å². The Labute approximate surface area is 166 Å². The molecule has 1 aromatic heterocycles. The van der Waals surface area contributed by atoms with Crippen LogP contribution in [-0.4, -0.2) is 29.4 Å². The molecule has 8 heteroatoms. The number of carbonyl (C=O) groups excluding carboxylic acids is 1. The Morgan fingerprint density at radius 2 is 1.86 bits per heavy atom. The number of hydrogen-bond acceptors (Lipinski definition) is 5. The van der Waals surface area contributed by atoms with Gasteiger partial charge < -0.3 is 14.8 Å². The van der Waals surface area contributed by atoms with Crippen LogP contribution in [0, 0.1) is 0 Å². The molecule has 0 atom stereocenters. The first-order chi connectivity index (χ1) is 13.6. The Morgan fingerprint density at radius 1 is 1.11 bits per heavy atom.